The zero-order valence-electron chi connectivity index (χ0n) is 12.5. The molecule has 0 saturated carbocycles. The number of thiophene rings is 1. The van der Waals surface area contributed by atoms with Crippen LogP contribution in [0, 0.1) is 0 Å². The first-order valence-corrected chi connectivity index (χ1v) is 7.97. The number of benzene rings is 1. The molecule has 0 unspecified atom stereocenters. The standard InChI is InChI=1S/C17H21NO2S/c1-18(12-11-15-7-5-13-21-15)17(19)10-9-14-6-3-4-8-16(14)20-2/h3-8,13H,9-12H2,1-2H3. The maximum absolute atomic E-state index is 12.2. The zero-order valence-corrected chi connectivity index (χ0v) is 13.4. The minimum atomic E-state index is 0.178. The van der Waals surface area contributed by atoms with Gasteiger partial charge in [0, 0.05) is 24.9 Å². The van der Waals surface area contributed by atoms with E-state index in [1.54, 1.807) is 18.4 Å². The molecule has 2 rings (SSSR count). The number of hydrogen-bond donors (Lipinski definition) is 0. The highest BCUT2D eigenvalue weighted by atomic mass is 32.1. The third-order valence-corrected chi connectivity index (χ3v) is 4.44. The highest BCUT2D eigenvalue weighted by Crippen LogP contribution is 2.19. The summed E-state index contributed by atoms with van der Waals surface area (Å²) in [6, 6.07) is 12.0. The predicted molar refractivity (Wildman–Crippen MR) is 87.0 cm³/mol. The largest absolute Gasteiger partial charge is 0.496 e. The van der Waals surface area contributed by atoms with E-state index in [2.05, 4.69) is 11.4 Å². The van der Waals surface area contributed by atoms with E-state index in [1.165, 1.54) is 4.88 Å². The molecule has 0 fully saturated rings. The van der Waals surface area contributed by atoms with Crippen LogP contribution in [-0.2, 0) is 17.6 Å². The second kappa shape index (κ2) is 7.84. The Morgan fingerprint density at radius 3 is 2.71 bits per heavy atom. The second-order valence-electron chi connectivity index (χ2n) is 4.96. The second-order valence-corrected chi connectivity index (χ2v) is 5.99. The molecule has 1 aromatic heterocycles. The van der Waals surface area contributed by atoms with Crippen molar-refractivity contribution >= 4 is 17.2 Å². The summed E-state index contributed by atoms with van der Waals surface area (Å²) < 4.78 is 5.31. The average molecular weight is 303 g/mol. The van der Waals surface area contributed by atoms with E-state index in [9.17, 15) is 4.79 Å². The molecule has 3 nitrogen and oxygen atoms in total. The predicted octanol–water partition coefficient (Wildman–Crippen LogP) is 3.39. The molecular formula is C17H21NO2S. The summed E-state index contributed by atoms with van der Waals surface area (Å²) in [7, 11) is 3.53. The van der Waals surface area contributed by atoms with E-state index in [-0.39, 0.29) is 5.91 Å². The molecule has 0 aliphatic rings. The zero-order chi connectivity index (χ0) is 15.1. The molecule has 21 heavy (non-hydrogen) atoms. The van der Waals surface area contributed by atoms with Crippen molar-refractivity contribution < 1.29 is 9.53 Å². The lowest BCUT2D eigenvalue weighted by Crippen LogP contribution is -2.28. The van der Waals surface area contributed by atoms with E-state index < -0.39 is 0 Å². The number of ether oxygens (including phenoxy) is 1. The van der Waals surface area contributed by atoms with Crippen LogP contribution >= 0.6 is 11.3 Å². The Hall–Kier alpha value is -1.81. The van der Waals surface area contributed by atoms with E-state index in [0.29, 0.717) is 12.8 Å². The molecule has 112 valence electrons. The van der Waals surface area contributed by atoms with Crippen molar-refractivity contribution in [1.82, 2.24) is 4.90 Å². The van der Waals surface area contributed by atoms with Gasteiger partial charge in [-0.1, -0.05) is 24.3 Å². The number of amides is 1. The SMILES string of the molecule is COc1ccccc1CCC(=O)N(C)CCc1cccs1. The van der Waals surface area contributed by atoms with E-state index in [1.807, 2.05) is 42.3 Å². The Bertz CT molecular complexity index is 566. The Morgan fingerprint density at radius 1 is 1.19 bits per heavy atom. The van der Waals surface area contributed by atoms with Gasteiger partial charge in [-0.3, -0.25) is 4.79 Å². The van der Waals surface area contributed by atoms with Gasteiger partial charge in [-0.25, -0.2) is 0 Å². The van der Waals surface area contributed by atoms with E-state index >= 15 is 0 Å². The summed E-state index contributed by atoms with van der Waals surface area (Å²) in [6.07, 6.45) is 2.15. The van der Waals surface area contributed by atoms with Crippen molar-refractivity contribution in [1.29, 1.82) is 0 Å². The summed E-state index contributed by atoms with van der Waals surface area (Å²) in [5.74, 6) is 1.03. The number of nitrogens with zero attached hydrogens (tertiary/aromatic N) is 1. The van der Waals surface area contributed by atoms with Gasteiger partial charge in [-0.05, 0) is 35.9 Å². The minimum absolute atomic E-state index is 0.178. The molecule has 1 amide bonds. The van der Waals surface area contributed by atoms with Gasteiger partial charge >= 0.3 is 0 Å². The molecule has 0 spiro atoms. The summed E-state index contributed by atoms with van der Waals surface area (Å²) in [4.78, 5) is 15.3. The fourth-order valence-corrected chi connectivity index (χ4v) is 2.90. The maximum atomic E-state index is 12.2. The smallest absolute Gasteiger partial charge is 0.222 e. The first kappa shape index (κ1) is 15.6. The van der Waals surface area contributed by atoms with Crippen LogP contribution in [0.4, 0.5) is 0 Å². The van der Waals surface area contributed by atoms with Crippen LogP contribution in [0.2, 0.25) is 0 Å². The van der Waals surface area contributed by atoms with Gasteiger partial charge < -0.3 is 9.64 Å². The summed E-state index contributed by atoms with van der Waals surface area (Å²) >= 11 is 1.74. The lowest BCUT2D eigenvalue weighted by atomic mass is 10.1. The molecule has 0 aliphatic carbocycles. The third-order valence-electron chi connectivity index (χ3n) is 3.50. The van der Waals surface area contributed by atoms with Crippen LogP contribution in [0.5, 0.6) is 5.75 Å². The molecule has 1 aromatic carbocycles. The van der Waals surface area contributed by atoms with Crippen LogP contribution in [-0.4, -0.2) is 31.5 Å². The van der Waals surface area contributed by atoms with Crippen molar-refractivity contribution in [3.05, 3.63) is 52.2 Å². The highest BCUT2D eigenvalue weighted by molar-refractivity contribution is 7.09. The topological polar surface area (TPSA) is 29.5 Å². The van der Waals surface area contributed by atoms with Crippen molar-refractivity contribution in [2.75, 3.05) is 20.7 Å². The van der Waals surface area contributed by atoms with Crippen molar-refractivity contribution in [3.63, 3.8) is 0 Å². The quantitative estimate of drug-likeness (QED) is 0.784. The molecule has 0 atom stereocenters. The summed E-state index contributed by atoms with van der Waals surface area (Å²) in [5, 5.41) is 2.07. The molecule has 0 bridgehead atoms. The number of carbonyl (C=O) groups excluding carboxylic acids is 1. The number of carbonyl (C=O) groups is 1. The lowest BCUT2D eigenvalue weighted by Gasteiger charge is -2.17. The van der Waals surface area contributed by atoms with Crippen LogP contribution in [0.15, 0.2) is 41.8 Å². The number of para-hydroxylation sites is 1. The Balaban J connectivity index is 1.80. The first-order chi connectivity index (χ1) is 10.2. The van der Waals surface area contributed by atoms with E-state index in [4.69, 9.17) is 4.74 Å². The Morgan fingerprint density at radius 2 is 2.00 bits per heavy atom. The van der Waals surface area contributed by atoms with Gasteiger partial charge in [-0.15, -0.1) is 11.3 Å². The molecule has 2 aromatic rings. The number of aryl methyl sites for hydroxylation is 1. The Kier molecular flexibility index (Phi) is 5.81. The number of rotatable bonds is 7. The summed E-state index contributed by atoms with van der Waals surface area (Å²) in [5.41, 5.74) is 1.08. The van der Waals surface area contributed by atoms with Crippen molar-refractivity contribution in [2.45, 2.75) is 19.3 Å². The summed E-state index contributed by atoms with van der Waals surface area (Å²) in [6.45, 7) is 0.769. The molecule has 4 heteroatoms. The first-order valence-electron chi connectivity index (χ1n) is 7.09. The normalized spacial score (nSPS) is 10.4. The fourth-order valence-electron chi connectivity index (χ4n) is 2.20. The Labute approximate surface area is 130 Å². The van der Waals surface area contributed by atoms with Gasteiger partial charge in [0.15, 0.2) is 0 Å². The van der Waals surface area contributed by atoms with Crippen LogP contribution < -0.4 is 4.74 Å². The van der Waals surface area contributed by atoms with Gasteiger partial charge in [0.05, 0.1) is 7.11 Å². The third kappa shape index (κ3) is 4.60. The fraction of sp³-hybridized carbons (Fsp3) is 0.353. The highest BCUT2D eigenvalue weighted by Gasteiger charge is 2.10. The molecule has 0 N–H and O–H groups in total. The molecule has 0 radical (unpaired) electrons. The molecule has 0 aliphatic heterocycles. The van der Waals surface area contributed by atoms with Crippen LogP contribution in [0.25, 0.3) is 0 Å². The molecule has 1 heterocycles. The van der Waals surface area contributed by atoms with E-state index in [0.717, 1.165) is 24.3 Å². The van der Waals surface area contributed by atoms with Gasteiger partial charge in [-0.2, -0.15) is 0 Å². The molecular weight excluding hydrogens is 282 g/mol. The molecule has 0 saturated heterocycles. The van der Waals surface area contributed by atoms with Gasteiger partial charge in [0.1, 0.15) is 5.75 Å². The van der Waals surface area contributed by atoms with Crippen molar-refractivity contribution in [3.8, 4) is 5.75 Å². The minimum Gasteiger partial charge on any atom is -0.496 e. The maximum Gasteiger partial charge on any atom is 0.222 e. The van der Waals surface area contributed by atoms with Crippen molar-refractivity contribution in [2.24, 2.45) is 0 Å². The number of likely N-dealkylation sites (N-methyl/N-ethyl adjacent to an activating group) is 1. The lowest BCUT2D eigenvalue weighted by molar-refractivity contribution is -0.129. The van der Waals surface area contributed by atoms with Gasteiger partial charge in [0.2, 0.25) is 5.91 Å². The van der Waals surface area contributed by atoms with Gasteiger partial charge in [0.25, 0.3) is 0 Å². The number of methoxy groups -OCH3 is 1. The number of hydrogen-bond acceptors (Lipinski definition) is 3. The average Bonchev–Trinajstić information content (AvgIpc) is 3.03. The van der Waals surface area contributed by atoms with Crippen LogP contribution in [0.1, 0.15) is 16.9 Å². The monoisotopic (exact) mass is 303 g/mol. The van der Waals surface area contributed by atoms with Crippen LogP contribution in [0.3, 0.4) is 0 Å².